The van der Waals surface area contributed by atoms with Crippen LogP contribution in [0.3, 0.4) is 0 Å². The Labute approximate surface area is 121 Å². The van der Waals surface area contributed by atoms with E-state index in [0.29, 0.717) is 5.92 Å². The lowest BCUT2D eigenvalue weighted by molar-refractivity contribution is -0.131. The molecule has 0 atom stereocenters. The fourth-order valence-corrected chi connectivity index (χ4v) is 2.90. The number of allylic oxidation sites excluding steroid dienone is 1. The first-order valence-electron chi connectivity index (χ1n) is 7.39. The van der Waals surface area contributed by atoms with Gasteiger partial charge in [-0.2, -0.15) is 0 Å². The third-order valence-electron chi connectivity index (χ3n) is 4.20. The molecule has 0 radical (unpaired) electrons. The molecule has 1 saturated carbocycles. The Hall–Kier alpha value is -1.57. The number of aliphatic carboxylic acids is 1. The summed E-state index contributed by atoms with van der Waals surface area (Å²) >= 11 is 0. The van der Waals surface area contributed by atoms with Crippen LogP contribution in [0.1, 0.15) is 63.5 Å². The van der Waals surface area contributed by atoms with Gasteiger partial charge in [0.25, 0.3) is 0 Å². The largest absolute Gasteiger partial charge is 0.478 e. The average Bonchev–Trinajstić information content (AvgIpc) is 2.38. The summed E-state index contributed by atoms with van der Waals surface area (Å²) in [6.07, 6.45) is 5.34. The van der Waals surface area contributed by atoms with E-state index >= 15 is 0 Å². The third kappa shape index (κ3) is 3.72. The van der Waals surface area contributed by atoms with E-state index in [2.05, 4.69) is 45.0 Å². The molecule has 0 aromatic heterocycles. The van der Waals surface area contributed by atoms with Crippen LogP contribution >= 0.6 is 0 Å². The second kappa shape index (κ2) is 5.82. The van der Waals surface area contributed by atoms with Crippen LogP contribution in [0, 0.1) is 0 Å². The van der Waals surface area contributed by atoms with E-state index in [1.807, 2.05) is 0 Å². The van der Waals surface area contributed by atoms with Crippen molar-refractivity contribution < 1.29 is 9.90 Å². The third-order valence-corrected chi connectivity index (χ3v) is 4.20. The highest BCUT2D eigenvalue weighted by Crippen LogP contribution is 2.36. The number of carboxylic acid groups (broad SMARTS) is 1. The van der Waals surface area contributed by atoms with Crippen molar-refractivity contribution in [2.45, 2.75) is 57.8 Å². The van der Waals surface area contributed by atoms with E-state index in [1.165, 1.54) is 17.2 Å². The Bertz CT molecular complexity index is 493. The molecular formula is C18H24O2. The van der Waals surface area contributed by atoms with Gasteiger partial charge in [-0.15, -0.1) is 0 Å². The van der Waals surface area contributed by atoms with Crippen molar-refractivity contribution in [1.29, 1.82) is 0 Å². The van der Waals surface area contributed by atoms with Gasteiger partial charge >= 0.3 is 5.97 Å². The molecule has 2 rings (SSSR count). The highest BCUT2D eigenvalue weighted by Gasteiger charge is 2.20. The number of carboxylic acids is 1. The fraction of sp³-hybridized carbons (Fsp3) is 0.500. The van der Waals surface area contributed by atoms with Crippen molar-refractivity contribution in [2.24, 2.45) is 0 Å². The smallest absolute Gasteiger partial charge is 0.328 e. The average molecular weight is 272 g/mol. The molecule has 1 aromatic carbocycles. The standard InChI is InChI=1S/C18H24O2/c1-18(2,3)16-10-8-15(9-11-16)14-6-4-13(5-7-14)12-17(19)20/h8-12,14H,4-7H2,1-3H3,(H,19,20). The maximum Gasteiger partial charge on any atom is 0.328 e. The SMILES string of the molecule is CC(C)(C)c1ccc(C2CCC(=CC(=O)O)CC2)cc1. The van der Waals surface area contributed by atoms with Gasteiger partial charge in [0.15, 0.2) is 0 Å². The van der Waals surface area contributed by atoms with Gasteiger partial charge in [0.1, 0.15) is 0 Å². The molecule has 20 heavy (non-hydrogen) atoms. The first kappa shape index (κ1) is 14.8. The minimum absolute atomic E-state index is 0.197. The lowest BCUT2D eigenvalue weighted by Crippen LogP contribution is -2.12. The molecule has 0 aliphatic heterocycles. The molecule has 0 bridgehead atoms. The molecule has 0 spiro atoms. The van der Waals surface area contributed by atoms with Crippen LogP contribution in [0.2, 0.25) is 0 Å². The van der Waals surface area contributed by atoms with E-state index in [1.54, 1.807) is 0 Å². The predicted molar refractivity (Wildman–Crippen MR) is 82.1 cm³/mol. The Balaban J connectivity index is 2.02. The van der Waals surface area contributed by atoms with Gasteiger partial charge in [0.2, 0.25) is 0 Å². The highest BCUT2D eigenvalue weighted by atomic mass is 16.4. The molecule has 0 heterocycles. The quantitative estimate of drug-likeness (QED) is 0.795. The van der Waals surface area contributed by atoms with E-state index in [0.717, 1.165) is 31.3 Å². The van der Waals surface area contributed by atoms with Crippen molar-refractivity contribution in [3.63, 3.8) is 0 Å². The molecule has 1 N–H and O–H groups in total. The van der Waals surface area contributed by atoms with Crippen LogP contribution in [0.4, 0.5) is 0 Å². The predicted octanol–water partition coefficient (Wildman–Crippen LogP) is 4.65. The van der Waals surface area contributed by atoms with E-state index < -0.39 is 5.97 Å². The number of benzene rings is 1. The zero-order valence-corrected chi connectivity index (χ0v) is 12.6. The number of hydrogen-bond acceptors (Lipinski definition) is 1. The first-order chi connectivity index (χ1) is 9.36. The minimum Gasteiger partial charge on any atom is -0.478 e. The van der Waals surface area contributed by atoms with Crippen molar-refractivity contribution in [2.75, 3.05) is 0 Å². The van der Waals surface area contributed by atoms with Gasteiger partial charge in [-0.05, 0) is 48.1 Å². The van der Waals surface area contributed by atoms with Gasteiger partial charge in [0.05, 0.1) is 0 Å². The topological polar surface area (TPSA) is 37.3 Å². The van der Waals surface area contributed by atoms with Gasteiger partial charge in [-0.3, -0.25) is 0 Å². The fourth-order valence-electron chi connectivity index (χ4n) is 2.90. The lowest BCUT2D eigenvalue weighted by Gasteiger charge is -2.25. The van der Waals surface area contributed by atoms with Crippen LogP contribution < -0.4 is 0 Å². The summed E-state index contributed by atoms with van der Waals surface area (Å²) in [7, 11) is 0. The summed E-state index contributed by atoms with van der Waals surface area (Å²) < 4.78 is 0. The molecule has 0 amide bonds. The van der Waals surface area contributed by atoms with Crippen LogP contribution in [0.25, 0.3) is 0 Å². The monoisotopic (exact) mass is 272 g/mol. The van der Waals surface area contributed by atoms with Crippen LogP contribution in [0.15, 0.2) is 35.9 Å². The molecular weight excluding hydrogens is 248 g/mol. The summed E-state index contributed by atoms with van der Waals surface area (Å²) in [6.45, 7) is 6.68. The van der Waals surface area contributed by atoms with Crippen LogP contribution in [0.5, 0.6) is 0 Å². The summed E-state index contributed by atoms with van der Waals surface area (Å²) in [5.74, 6) is -0.233. The summed E-state index contributed by atoms with van der Waals surface area (Å²) in [5.41, 5.74) is 4.04. The lowest BCUT2D eigenvalue weighted by atomic mass is 9.80. The van der Waals surface area contributed by atoms with Gasteiger partial charge in [0, 0.05) is 6.08 Å². The molecule has 1 aliphatic rings. The zero-order chi connectivity index (χ0) is 14.8. The van der Waals surface area contributed by atoms with E-state index in [9.17, 15) is 4.79 Å². The van der Waals surface area contributed by atoms with Crippen molar-refractivity contribution in [3.05, 3.63) is 47.0 Å². The van der Waals surface area contributed by atoms with Gasteiger partial charge in [-0.1, -0.05) is 50.6 Å². The van der Waals surface area contributed by atoms with Gasteiger partial charge in [-0.25, -0.2) is 4.79 Å². The molecule has 108 valence electrons. The number of carbonyl (C=O) groups is 1. The number of hydrogen-bond donors (Lipinski definition) is 1. The van der Waals surface area contributed by atoms with E-state index in [-0.39, 0.29) is 5.41 Å². The van der Waals surface area contributed by atoms with E-state index in [4.69, 9.17) is 5.11 Å². The maximum atomic E-state index is 10.7. The number of rotatable bonds is 2. The molecule has 2 heteroatoms. The zero-order valence-electron chi connectivity index (χ0n) is 12.6. The summed E-state index contributed by atoms with van der Waals surface area (Å²) in [4.78, 5) is 10.7. The molecule has 1 aliphatic carbocycles. The van der Waals surface area contributed by atoms with Gasteiger partial charge < -0.3 is 5.11 Å². The van der Waals surface area contributed by atoms with Crippen molar-refractivity contribution >= 4 is 5.97 Å². The van der Waals surface area contributed by atoms with Crippen molar-refractivity contribution in [3.8, 4) is 0 Å². The minimum atomic E-state index is -0.812. The van der Waals surface area contributed by atoms with Crippen LogP contribution in [-0.4, -0.2) is 11.1 Å². The maximum absolute atomic E-state index is 10.7. The second-order valence-corrected chi connectivity index (χ2v) is 6.79. The normalized spacial score (nSPS) is 19.8. The molecule has 1 fully saturated rings. The summed E-state index contributed by atoms with van der Waals surface area (Å²) in [5, 5.41) is 8.78. The molecule has 1 aromatic rings. The Kier molecular flexibility index (Phi) is 4.32. The Morgan fingerprint density at radius 1 is 1.15 bits per heavy atom. The second-order valence-electron chi connectivity index (χ2n) is 6.79. The Morgan fingerprint density at radius 3 is 2.15 bits per heavy atom. The summed E-state index contributed by atoms with van der Waals surface area (Å²) in [6, 6.07) is 8.96. The molecule has 0 saturated heterocycles. The molecule has 0 unspecified atom stereocenters. The highest BCUT2D eigenvalue weighted by molar-refractivity contribution is 5.80. The Morgan fingerprint density at radius 2 is 1.70 bits per heavy atom. The van der Waals surface area contributed by atoms with Crippen LogP contribution in [-0.2, 0) is 10.2 Å². The van der Waals surface area contributed by atoms with Crippen molar-refractivity contribution in [1.82, 2.24) is 0 Å². The molecule has 2 nitrogen and oxygen atoms in total. The first-order valence-corrected chi connectivity index (χ1v) is 7.39.